The van der Waals surface area contributed by atoms with Gasteiger partial charge in [-0.05, 0) is 31.2 Å². The summed E-state index contributed by atoms with van der Waals surface area (Å²) in [4.78, 5) is 28.0. The molecule has 3 rings (SSSR count). The average molecular weight is 397 g/mol. The molecule has 1 aromatic heterocycles. The van der Waals surface area contributed by atoms with E-state index >= 15 is 0 Å². The van der Waals surface area contributed by atoms with Gasteiger partial charge in [-0.3, -0.25) is 14.8 Å². The van der Waals surface area contributed by atoms with Crippen LogP contribution in [0, 0.1) is 0 Å². The summed E-state index contributed by atoms with van der Waals surface area (Å²) in [6, 6.07) is 16.0. The molecule has 0 aliphatic carbocycles. The molecule has 0 aliphatic rings. The molecule has 2 aromatic carbocycles. The molecule has 8 heteroatoms. The van der Waals surface area contributed by atoms with Crippen LogP contribution in [0.3, 0.4) is 0 Å². The van der Waals surface area contributed by atoms with Gasteiger partial charge in [-0.25, -0.2) is 10.5 Å². The zero-order chi connectivity index (χ0) is 19.9. The monoisotopic (exact) mass is 397 g/mol. The van der Waals surface area contributed by atoms with Crippen molar-refractivity contribution in [2.75, 3.05) is 6.54 Å². The van der Waals surface area contributed by atoms with Gasteiger partial charge in [0.15, 0.2) is 5.01 Å². The summed E-state index contributed by atoms with van der Waals surface area (Å²) in [5, 5.41) is 13.7. The van der Waals surface area contributed by atoms with E-state index in [1.807, 2.05) is 42.6 Å². The highest BCUT2D eigenvalue weighted by Crippen LogP contribution is 2.21. The van der Waals surface area contributed by atoms with Crippen LogP contribution < -0.4 is 15.5 Å². The molecule has 1 atom stereocenters. The maximum absolute atomic E-state index is 12.3. The van der Waals surface area contributed by atoms with Crippen molar-refractivity contribution < 1.29 is 19.5 Å². The van der Waals surface area contributed by atoms with Gasteiger partial charge in [0.1, 0.15) is 11.9 Å². The number of benzene rings is 2. The summed E-state index contributed by atoms with van der Waals surface area (Å²) in [7, 11) is 0. The number of rotatable bonds is 7. The number of hydroxylamine groups is 1. The lowest BCUT2D eigenvalue weighted by Crippen LogP contribution is -2.33. The number of ether oxygens (including phenoxy) is 1. The summed E-state index contributed by atoms with van der Waals surface area (Å²) in [6.07, 6.45) is -0.282. The van der Waals surface area contributed by atoms with Crippen LogP contribution in [0.5, 0.6) is 5.75 Å². The minimum atomic E-state index is -0.592. The highest BCUT2D eigenvalue weighted by atomic mass is 32.1. The number of aromatic nitrogens is 1. The summed E-state index contributed by atoms with van der Waals surface area (Å²) in [5.74, 6) is -0.292. The fourth-order valence-corrected chi connectivity index (χ4v) is 3.20. The van der Waals surface area contributed by atoms with Crippen molar-refractivity contribution in [3.05, 3.63) is 70.5 Å². The molecule has 0 saturated heterocycles. The summed E-state index contributed by atoms with van der Waals surface area (Å²) >= 11 is 1.29. The van der Waals surface area contributed by atoms with Crippen molar-refractivity contribution in [2.24, 2.45) is 0 Å². The molecule has 3 aromatic rings. The Kier molecular flexibility index (Phi) is 6.36. The van der Waals surface area contributed by atoms with E-state index in [1.165, 1.54) is 23.5 Å². The summed E-state index contributed by atoms with van der Waals surface area (Å²) in [6.45, 7) is 2.13. The van der Waals surface area contributed by atoms with Crippen LogP contribution in [0.4, 0.5) is 0 Å². The molecule has 0 spiro atoms. The molecule has 0 saturated carbocycles. The molecule has 0 radical (unpaired) electrons. The van der Waals surface area contributed by atoms with E-state index in [4.69, 9.17) is 9.94 Å². The molecule has 2 amide bonds. The molecule has 1 unspecified atom stereocenters. The van der Waals surface area contributed by atoms with Crippen molar-refractivity contribution in [1.29, 1.82) is 0 Å². The van der Waals surface area contributed by atoms with E-state index in [0.29, 0.717) is 22.9 Å². The Hall–Kier alpha value is -3.23. The van der Waals surface area contributed by atoms with Crippen LogP contribution in [-0.4, -0.2) is 34.7 Å². The number of nitrogens with one attached hydrogen (secondary N) is 2. The van der Waals surface area contributed by atoms with Crippen molar-refractivity contribution in [2.45, 2.75) is 13.0 Å². The molecular formula is C20H19N3O4S. The quantitative estimate of drug-likeness (QED) is 0.420. The number of carbonyl (C=O) groups is 2. The maximum atomic E-state index is 12.3. The van der Waals surface area contributed by atoms with Crippen LogP contribution >= 0.6 is 11.3 Å². The zero-order valence-corrected chi connectivity index (χ0v) is 15.9. The van der Waals surface area contributed by atoms with Crippen LogP contribution in [0.15, 0.2) is 60.0 Å². The van der Waals surface area contributed by atoms with E-state index in [1.54, 1.807) is 17.6 Å². The van der Waals surface area contributed by atoms with E-state index in [2.05, 4.69) is 10.3 Å². The van der Waals surface area contributed by atoms with Gasteiger partial charge in [0.2, 0.25) is 0 Å². The lowest BCUT2D eigenvalue weighted by atomic mass is 10.2. The molecule has 0 aliphatic heterocycles. The molecule has 7 nitrogen and oxygen atoms in total. The highest BCUT2D eigenvalue weighted by Gasteiger charge is 2.14. The fourth-order valence-electron chi connectivity index (χ4n) is 2.45. The molecule has 144 valence electrons. The third kappa shape index (κ3) is 4.93. The lowest BCUT2D eigenvalue weighted by molar-refractivity contribution is 0.0706. The highest BCUT2D eigenvalue weighted by molar-refractivity contribution is 7.12. The van der Waals surface area contributed by atoms with Gasteiger partial charge in [-0.2, -0.15) is 0 Å². The predicted molar refractivity (Wildman–Crippen MR) is 106 cm³/mol. The Morgan fingerprint density at radius 2 is 1.82 bits per heavy atom. The molecular weight excluding hydrogens is 378 g/mol. The average Bonchev–Trinajstić information content (AvgIpc) is 3.23. The Morgan fingerprint density at radius 3 is 2.50 bits per heavy atom. The van der Waals surface area contributed by atoms with Crippen molar-refractivity contribution in [3.63, 3.8) is 0 Å². The number of hydrogen-bond acceptors (Lipinski definition) is 6. The Bertz CT molecular complexity index is 942. The first kappa shape index (κ1) is 19.5. The van der Waals surface area contributed by atoms with Gasteiger partial charge < -0.3 is 10.1 Å². The topological polar surface area (TPSA) is 101 Å². The molecule has 3 N–H and O–H groups in total. The van der Waals surface area contributed by atoms with Gasteiger partial charge in [-0.15, -0.1) is 11.3 Å². The largest absolute Gasteiger partial charge is 0.489 e. The lowest BCUT2D eigenvalue weighted by Gasteiger charge is -2.15. The molecule has 1 heterocycles. The minimum Gasteiger partial charge on any atom is -0.489 e. The minimum absolute atomic E-state index is 0.252. The Balaban J connectivity index is 1.52. The third-order valence-corrected chi connectivity index (χ3v) is 4.71. The summed E-state index contributed by atoms with van der Waals surface area (Å²) < 4.78 is 5.72. The van der Waals surface area contributed by atoms with E-state index in [9.17, 15) is 9.59 Å². The molecule has 0 fully saturated rings. The maximum Gasteiger partial charge on any atom is 0.280 e. The molecule has 28 heavy (non-hydrogen) atoms. The van der Waals surface area contributed by atoms with Crippen LogP contribution in [0.25, 0.3) is 11.3 Å². The second-order valence-corrected chi connectivity index (χ2v) is 6.87. The van der Waals surface area contributed by atoms with Crippen molar-refractivity contribution >= 4 is 23.2 Å². The second-order valence-electron chi connectivity index (χ2n) is 6.01. The number of thiazole rings is 1. The zero-order valence-electron chi connectivity index (χ0n) is 15.1. The van der Waals surface area contributed by atoms with Gasteiger partial charge in [0.25, 0.3) is 11.8 Å². The first-order valence-electron chi connectivity index (χ1n) is 8.57. The van der Waals surface area contributed by atoms with Crippen molar-refractivity contribution in [3.8, 4) is 17.0 Å². The first-order chi connectivity index (χ1) is 13.6. The number of carbonyl (C=O) groups excluding carboxylic acids is 2. The third-order valence-electron chi connectivity index (χ3n) is 3.87. The number of hydrogen-bond donors (Lipinski definition) is 3. The Labute approximate surface area is 166 Å². The van der Waals surface area contributed by atoms with E-state index in [0.717, 1.165) is 11.3 Å². The molecule has 0 bridgehead atoms. The van der Waals surface area contributed by atoms with Gasteiger partial charge >= 0.3 is 0 Å². The van der Waals surface area contributed by atoms with Gasteiger partial charge in [0.05, 0.1) is 12.2 Å². The smallest absolute Gasteiger partial charge is 0.280 e. The second kappa shape index (κ2) is 9.12. The van der Waals surface area contributed by atoms with Crippen LogP contribution in [0.2, 0.25) is 0 Å². The fraction of sp³-hybridized carbons (Fsp3) is 0.150. The summed E-state index contributed by atoms with van der Waals surface area (Å²) in [5.41, 5.74) is 3.62. The number of nitrogens with zero attached hydrogens (tertiary/aromatic N) is 1. The predicted octanol–water partition coefficient (Wildman–Crippen LogP) is 3.13. The van der Waals surface area contributed by atoms with Gasteiger partial charge in [0, 0.05) is 16.5 Å². The Morgan fingerprint density at radius 1 is 1.11 bits per heavy atom. The van der Waals surface area contributed by atoms with Gasteiger partial charge in [-0.1, -0.05) is 30.3 Å². The standard InChI is InChI=1S/C20H19N3O4S/c1-13(27-16-9-7-15(8-10-16)18(24)23-26)11-21-19(25)20-22-17(12-28-20)14-5-3-2-4-6-14/h2-10,12-13,26H,11H2,1H3,(H,21,25)(H,23,24). The van der Waals surface area contributed by atoms with Crippen LogP contribution in [0.1, 0.15) is 27.1 Å². The van der Waals surface area contributed by atoms with Crippen molar-refractivity contribution in [1.82, 2.24) is 15.8 Å². The van der Waals surface area contributed by atoms with E-state index < -0.39 is 5.91 Å². The normalized spacial score (nSPS) is 11.5. The SMILES string of the molecule is CC(CNC(=O)c1nc(-c2ccccc2)cs1)Oc1ccc(C(=O)NO)cc1. The number of amides is 2. The van der Waals surface area contributed by atoms with E-state index in [-0.39, 0.29) is 12.0 Å². The van der Waals surface area contributed by atoms with Crippen LogP contribution in [-0.2, 0) is 0 Å². The first-order valence-corrected chi connectivity index (χ1v) is 9.45.